The normalized spacial score (nSPS) is 9.94. The van der Waals surface area contributed by atoms with Crippen molar-refractivity contribution in [1.82, 2.24) is 20.4 Å². The number of nitrogen functional groups attached to an aromatic ring is 1. The molecule has 0 radical (unpaired) electrons. The predicted octanol–water partition coefficient (Wildman–Crippen LogP) is -0.320. The van der Waals surface area contributed by atoms with E-state index in [0.717, 1.165) is 0 Å². The molecule has 2 aromatic rings. The van der Waals surface area contributed by atoms with Crippen molar-refractivity contribution >= 4 is 11.7 Å². The summed E-state index contributed by atoms with van der Waals surface area (Å²) in [6, 6.07) is 1.66. The van der Waals surface area contributed by atoms with Crippen molar-refractivity contribution in [2.24, 2.45) is 5.84 Å². The average molecular weight is 234 g/mol. The van der Waals surface area contributed by atoms with Gasteiger partial charge in [-0.1, -0.05) is 5.16 Å². The molecule has 17 heavy (non-hydrogen) atoms. The maximum atomic E-state index is 11.7. The molecule has 88 valence electrons. The summed E-state index contributed by atoms with van der Waals surface area (Å²) in [5.74, 6) is 5.67. The molecule has 0 bridgehead atoms. The second-order valence-electron chi connectivity index (χ2n) is 3.10. The van der Waals surface area contributed by atoms with Crippen molar-refractivity contribution < 1.29 is 9.32 Å². The topological polar surface area (TPSA) is 119 Å². The number of nitrogens with two attached hydrogens (primary N) is 1. The molecule has 1 amide bonds. The molecule has 0 saturated carbocycles. The number of carbonyl (C=O) groups is 1. The summed E-state index contributed by atoms with van der Waals surface area (Å²) in [6.07, 6.45) is 4.25. The third kappa shape index (κ3) is 2.75. The van der Waals surface area contributed by atoms with Crippen LogP contribution < -0.4 is 16.6 Å². The second kappa shape index (κ2) is 5.03. The number of aromatic nitrogens is 3. The number of anilines is 1. The van der Waals surface area contributed by atoms with Crippen molar-refractivity contribution in [3.05, 3.63) is 36.1 Å². The zero-order valence-corrected chi connectivity index (χ0v) is 8.75. The van der Waals surface area contributed by atoms with Crippen molar-refractivity contribution in [3.8, 4) is 0 Å². The highest BCUT2D eigenvalue weighted by Gasteiger charge is 2.09. The van der Waals surface area contributed by atoms with Crippen molar-refractivity contribution in [1.29, 1.82) is 0 Å². The fourth-order valence-electron chi connectivity index (χ4n) is 1.14. The number of carbonyl (C=O) groups excluding carboxylic acids is 1. The van der Waals surface area contributed by atoms with Crippen LogP contribution in [0.3, 0.4) is 0 Å². The quantitative estimate of drug-likeness (QED) is 0.490. The standard InChI is InChI=1S/C9H10N6O2/c10-15-8-5-11-4-7(14-8)9(16)12-3-6-1-2-13-17-6/h1-2,4-5H,3,10H2,(H,12,16)(H,14,15). The summed E-state index contributed by atoms with van der Waals surface area (Å²) >= 11 is 0. The number of hydrazine groups is 1. The average Bonchev–Trinajstić information content (AvgIpc) is 2.89. The van der Waals surface area contributed by atoms with E-state index in [1.54, 1.807) is 6.07 Å². The van der Waals surface area contributed by atoms with E-state index < -0.39 is 0 Å². The molecule has 0 aliphatic heterocycles. The van der Waals surface area contributed by atoms with Crippen LogP contribution >= 0.6 is 0 Å². The van der Waals surface area contributed by atoms with Crippen LogP contribution in [0.4, 0.5) is 5.82 Å². The lowest BCUT2D eigenvalue weighted by atomic mass is 10.4. The first kappa shape index (κ1) is 11.0. The number of amides is 1. The Labute approximate surface area is 96.2 Å². The van der Waals surface area contributed by atoms with Gasteiger partial charge in [0.2, 0.25) is 0 Å². The molecule has 0 aromatic carbocycles. The Morgan fingerprint density at radius 2 is 2.35 bits per heavy atom. The maximum Gasteiger partial charge on any atom is 0.271 e. The van der Waals surface area contributed by atoms with E-state index in [-0.39, 0.29) is 18.1 Å². The maximum absolute atomic E-state index is 11.7. The van der Waals surface area contributed by atoms with Crippen LogP contribution in [0.25, 0.3) is 0 Å². The third-order valence-corrected chi connectivity index (χ3v) is 1.93. The van der Waals surface area contributed by atoms with E-state index in [1.807, 2.05) is 0 Å². The number of nitrogens with one attached hydrogen (secondary N) is 2. The Morgan fingerprint density at radius 1 is 1.47 bits per heavy atom. The van der Waals surface area contributed by atoms with Crippen molar-refractivity contribution in [3.63, 3.8) is 0 Å². The Hall–Kier alpha value is -2.48. The van der Waals surface area contributed by atoms with E-state index in [2.05, 4.69) is 25.9 Å². The Balaban J connectivity index is 1.99. The number of hydrogen-bond donors (Lipinski definition) is 3. The van der Waals surface area contributed by atoms with E-state index in [1.165, 1.54) is 18.6 Å². The summed E-state index contributed by atoms with van der Waals surface area (Å²) in [7, 11) is 0. The van der Waals surface area contributed by atoms with Gasteiger partial charge in [0, 0.05) is 6.07 Å². The lowest BCUT2D eigenvalue weighted by Gasteiger charge is -2.03. The van der Waals surface area contributed by atoms with Crippen LogP contribution in [0.15, 0.2) is 29.2 Å². The molecule has 0 unspecified atom stereocenters. The largest absolute Gasteiger partial charge is 0.360 e. The minimum absolute atomic E-state index is 0.167. The molecule has 0 aliphatic carbocycles. The first-order chi connectivity index (χ1) is 8.29. The second-order valence-corrected chi connectivity index (χ2v) is 3.10. The van der Waals surface area contributed by atoms with Gasteiger partial charge in [-0.3, -0.25) is 9.78 Å². The van der Waals surface area contributed by atoms with Crippen LogP contribution in [0.5, 0.6) is 0 Å². The van der Waals surface area contributed by atoms with Gasteiger partial charge in [-0.2, -0.15) is 0 Å². The minimum atomic E-state index is -0.369. The van der Waals surface area contributed by atoms with Crippen LogP contribution in [0.2, 0.25) is 0 Å². The highest BCUT2D eigenvalue weighted by molar-refractivity contribution is 5.92. The van der Waals surface area contributed by atoms with Gasteiger partial charge in [0.15, 0.2) is 11.6 Å². The third-order valence-electron chi connectivity index (χ3n) is 1.93. The number of rotatable bonds is 4. The summed E-state index contributed by atoms with van der Waals surface area (Å²) in [6.45, 7) is 0.237. The van der Waals surface area contributed by atoms with E-state index in [4.69, 9.17) is 10.4 Å². The number of hydrogen-bond acceptors (Lipinski definition) is 7. The summed E-state index contributed by atoms with van der Waals surface area (Å²) in [4.78, 5) is 19.4. The van der Waals surface area contributed by atoms with Gasteiger partial charge in [-0.25, -0.2) is 10.8 Å². The Bertz CT molecular complexity index is 498. The lowest BCUT2D eigenvalue weighted by molar-refractivity contribution is 0.0942. The molecule has 0 saturated heterocycles. The molecule has 0 aliphatic rings. The zero-order chi connectivity index (χ0) is 12.1. The Morgan fingerprint density at radius 3 is 3.06 bits per heavy atom. The fraction of sp³-hybridized carbons (Fsp3) is 0.111. The van der Waals surface area contributed by atoms with E-state index in [0.29, 0.717) is 11.6 Å². The summed E-state index contributed by atoms with van der Waals surface area (Å²) in [5.41, 5.74) is 2.48. The molecule has 0 fully saturated rings. The van der Waals surface area contributed by atoms with Gasteiger partial charge in [0.1, 0.15) is 5.69 Å². The first-order valence-electron chi connectivity index (χ1n) is 4.76. The predicted molar refractivity (Wildman–Crippen MR) is 57.5 cm³/mol. The molecule has 2 rings (SSSR count). The highest BCUT2D eigenvalue weighted by atomic mass is 16.5. The Kier molecular flexibility index (Phi) is 3.26. The van der Waals surface area contributed by atoms with E-state index in [9.17, 15) is 4.79 Å². The van der Waals surface area contributed by atoms with Crippen molar-refractivity contribution in [2.75, 3.05) is 5.43 Å². The first-order valence-corrected chi connectivity index (χ1v) is 4.76. The van der Waals surface area contributed by atoms with Gasteiger partial charge in [-0.05, 0) is 0 Å². The molecular weight excluding hydrogens is 224 g/mol. The molecular formula is C9H10N6O2. The van der Waals surface area contributed by atoms with Gasteiger partial charge in [-0.15, -0.1) is 0 Å². The van der Waals surface area contributed by atoms with Crippen LogP contribution in [-0.2, 0) is 6.54 Å². The fourth-order valence-corrected chi connectivity index (χ4v) is 1.14. The van der Waals surface area contributed by atoms with Gasteiger partial charge in [0.05, 0.1) is 25.1 Å². The molecule has 0 spiro atoms. The number of nitrogens with zero attached hydrogens (tertiary/aromatic N) is 3. The van der Waals surface area contributed by atoms with Gasteiger partial charge >= 0.3 is 0 Å². The molecule has 2 aromatic heterocycles. The molecule has 2 heterocycles. The minimum Gasteiger partial charge on any atom is -0.360 e. The zero-order valence-electron chi connectivity index (χ0n) is 8.75. The van der Waals surface area contributed by atoms with Crippen LogP contribution in [0.1, 0.15) is 16.2 Å². The van der Waals surface area contributed by atoms with Crippen LogP contribution in [0, 0.1) is 0 Å². The van der Waals surface area contributed by atoms with Gasteiger partial charge in [0.25, 0.3) is 5.91 Å². The van der Waals surface area contributed by atoms with Gasteiger partial charge < -0.3 is 15.3 Å². The smallest absolute Gasteiger partial charge is 0.271 e. The SMILES string of the molecule is NNc1cncc(C(=O)NCc2ccno2)n1. The molecule has 8 nitrogen and oxygen atoms in total. The molecule has 8 heteroatoms. The van der Waals surface area contributed by atoms with Crippen LogP contribution in [-0.4, -0.2) is 21.0 Å². The lowest BCUT2D eigenvalue weighted by Crippen LogP contribution is -2.24. The van der Waals surface area contributed by atoms with Crippen molar-refractivity contribution in [2.45, 2.75) is 6.54 Å². The highest BCUT2D eigenvalue weighted by Crippen LogP contribution is 2.01. The monoisotopic (exact) mass is 234 g/mol. The summed E-state index contributed by atoms with van der Waals surface area (Å²) in [5, 5.41) is 6.13. The molecule has 0 atom stereocenters. The van der Waals surface area contributed by atoms with E-state index >= 15 is 0 Å². The summed E-state index contributed by atoms with van der Waals surface area (Å²) < 4.78 is 4.83. The molecule has 4 N–H and O–H groups in total.